The zero-order valence-corrected chi connectivity index (χ0v) is 11.2. The summed E-state index contributed by atoms with van der Waals surface area (Å²) in [4.78, 5) is 11.2. The van der Waals surface area contributed by atoms with E-state index in [1.807, 2.05) is 24.3 Å². The molecule has 0 aliphatic heterocycles. The molecule has 1 aromatic carbocycles. The molecule has 0 aromatic heterocycles. The van der Waals surface area contributed by atoms with Gasteiger partial charge in [-0.2, -0.15) is 10.5 Å². The van der Waals surface area contributed by atoms with Gasteiger partial charge in [-0.15, -0.1) is 0 Å². The maximum absolute atomic E-state index is 11.2. The van der Waals surface area contributed by atoms with Crippen LogP contribution >= 0.6 is 0 Å². The summed E-state index contributed by atoms with van der Waals surface area (Å²) in [6.45, 7) is 2.18. The van der Waals surface area contributed by atoms with Crippen LogP contribution in [0.2, 0.25) is 0 Å². The Bertz CT molecular complexity index is 546. The second kappa shape index (κ2) is 8.34. The van der Waals surface area contributed by atoms with Crippen LogP contribution in [0.4, 0.5) is 5.69 Å². The first kappa shape index (κ1) is 15.3. The summed E-state index contributed by atoms with van der Waals surface area (Å²) in [7, 11) is 0. The average Bonchev–Trinajstić information content (AvgIpc) is 2.48. The van der Waals surface area contributed by atoms with Crippen molar-refractivity contribution >= 4 is 11.7 Å². The molecule has 0 atom stereocenters. The van der Waals surface area contributed by atoms with Gasteiger partial charge in [0.1, 0.15) is 17.7 Å². The Labute approximate surface area is 118 Å². The highest BCUT2D eigenvalue weighted by Gasteiger charge is 2.02. The van der Waals surface area contributed by atoms with Crippen LogP contribution in [0.5, 0.6) is 0 Å². The van der Waals surface area contributed by atoms with Crippen LogP contribution in [0.15, 0.2) is 36.0 Å². The number of carbonyl (C=O) groups excluding carboxylic acids is 1. The number of esters is 1. The van der Waals surface area contributed by atoms with Crippen LogP contribution in [0.25, 0.3) is 0 Å². The lowest BCUT2D eigenvalue weighted by atomic mass is 10.1. The zero-order chi connectivity index (χ0) is 14.8. The van der Waals surface area contributed by atoms with Crippen molar-refractivity contribution in [1.29, 1.82) is 10.5 Å². The second-order valence-electron chi connectivity index (χ2n) is 3.93. The molecule has 5 heteroatoms. The summed E-state index contributed by atoms with van der Waals surface area (Å²) < 4.78 is 4.86. The number of allylic oxidation sites excluding steroid dienone is 1. The van der Waals surface area contributed by atoms with Crippen LogP contribution in [0, 0.1) is 22.7 Å². The molecule has 0 saturated carbocycles. The summed E-state index contributed by atoms with van der Waals surface area (Å²) in [6.07, 6.45) is 2.33. The summed E-state index contributed by atoms with van der Waals surface area (Å²) in [5, 5.41) is 20.0. The monoisotopic (exact) mass is 269 g/mol. The predicted octanol–water partition coefficient (Wildman–Crippen LogP) is 2.53. The van der Waals surface area contributed by atoms with Gasteiger partial charge in [0, 0.05) is 18.3 Å². The smallest absolute Gasteiger partial charge is 0.306 e. The first-order valence-electron chi connectivity index (χ1n) is 6.21. The Kier molecular flexibility index (Phi) is 6.36. The minimum absolute atomic E-state index is 0.0105. The Morgan fingerprint density at radius 2 is 1.95 bits per heavy atom. The third-order valence-corrected chi connectivity index (χ3v) is 2.50. The average molecular weight is 269 g/mol. The lowest BCUT2D eigenvalue weighted by molar-refractivity contribution is -0.143. The van der Waals surface area contributed by atoms with E-state index in [2.05, 4.69) is 5.32 Å². The molecule has 0 saturated heterocycles. The second-order valence-corrected chi connectivity index (χ2v) is 3.93. The highest BCUT2D eigenvalue weighted by molar-refractivity contribution is 5.69. The number of rotatable bonds is 6. The van der Waals surface area contributed by atoms with Crippen LogP contribution in [-0.2, 0) is 16.0 Å². The van der Waals surface area contributed by atoms with Gasteiger partial charge in [-0.1, -0.05) is 12.1 Å². The number of aryl methyl sites for hydroxylation is 1. The van der Waals surface area contributed by atoms with Crippen LogP contribution in [-0.4, -0.2) is 12.6 Å². The number of hydrogen-bond acceptors (Lipinski definition) is 5. The number of anilines is 1. The molecule has 102 valence electrons. The maximum atomic E-state index is 11.2. The van der Waals surface area contributed by atoms with E-state index in [1.165, 1.54) is 6.20 Å². The minimum atomic E-state index is -0.203. The number of nitriles is 2. The number of benzene rings is 1. The van der Waals surface area contributed by atoms with Gasteiger partial charge in [0.2, 0.25) is 0 Å². The molecule has 0 aliphatic carbocycles. The summed E-state index contributed by atoms with van der Waals surface area (Å²) in [5.74, 6) is -0.203. The van der Waals surface area contributed by atoms with E-state index in [4.69, 9.17) is 15.3 Å². The molecule has 0 amide bonds. The van der Waals surface area contributed by atoms with E-state index in [1.54, 1.807) is 19.1 Å². The third kappa shape index (κ3) is 5.24. The van der Waals surface area contributed by atoms with E-state index < -0.39 is 0 Å². The molecule has 0 heterocycles. The molecule has 1 N–H and O–H groups in total. The number of nitrogens with zero attached hydrogens (tertiary/aromatic N) is 2. The van der Waals surface area contributed by atoms with Gasteiger partial charge in [-0.25, -0.2) is 0 Å². The largest absolute Gasteiger partial charge is 0.466 e. The van der Waals surface area contributed by atoms with Crippen molar-refractivity contribution in [3.05, 3.63) is 41.6 Å². The van der Waals surface area contributed by atoms with E-state index in [0.29, 0.717) is 19.4 Å². The fourth-order valence-electron chi connectivity index (χ4n) is 1.49. The van der Waals surface area contributed by atoms with Gasteiger partial charge in [-0.3, -0.25) is 4.79 Å². The van der Waals surface area contributed by atoms with Crippen molar-refractivity contribution in [2.45, 2.75) is 19.8 Å². The van der Waals surface area contributed by atoms with Crippen LogP contribution < -0.4 is 5.32 Å². The van der Waals surface area contributed by atoms with Crippen LogP contribution in [0.1, 0.15) is 18.9 Å². The molecule has 1 rings (SSSR count). The minimum Gasteiger partial charge on any atom is -0.466 e. The van der Waals surface area contributed by atoms with E-state index in [0.717, 1.165) is 11.3 Å². The molecular formula is C15H15N3O2. The van der Waals surface area contributed by atoms with Gasteiger partial charge in [0.05, 0.1) is 6.61 Å². The molecule has 0 aliphatic rings. The van der Waals surface area contributed by atoms with Gasteiger partial charge in [-0.05, 0) is 31.0 Å². The fourth-order valence-corrected chi connectivity index (χ4v) is 1.49. The van der Waals surface area contributed by atoms with Gasteiger partial charge in [0.25, 0.3) is 0 Å². The molecule has 0 fully saturated rings. The maximum Gasteiger partial charge on any atom is 0.306 e. The fraction of sp³-hybridized carbons (Fsp3) is 0.267. The third-order valence-electron chi connectivity index (χ3n) is 2.50. The van der Waals surface area contributed by atoms with E-state index in [-0.39, 0.29) is 11.5 Å². The Morgan fingerprint density at radius 1 is 1.30 bits per heavy atom. The quantitative estimate of drug-likeness (QED) is 0.633. The SMILES string of the molecule is CCOC(=O)CCc1ccc(NC=C(C#N)C#N)cc1. The number of nitrogens with one attached hydrogen (secondary N) is 1. The number of ether oxygens (including phenoxy) is 1. The summed E-state index contributed by atoms with van der Waals surface area (Å²) in [6, 6.07) is 10.9. The highest BCUT2D eigenvalue weighted by Crippen LogP contribution is 2.11. The van der Waals surface area contributed by atoms with Gasteiger partial charge < -0.3 is 10.1 Å². The highest BCUT2D eigenvalue weighted by atomic mass is 16.5. The molecule has 0 radical (unpaired) electrons. The van der Waals surface area contributed by atoms with Crippen molar-refractivity contribution in [1.82, 2.24) is 0 Å². The normalized spacial score (nSPS) is 8.95. The van der Waals surface area contributed by atoms with Crippen LogP contribution in [0.3, 0.4) is 0 Å². The van der Waals surface area contributed by atoms with Crippen molar-refractivity contribution < 1.29 is 9.53 Å². The molecule has 20 heavy (non-hydrogen) atoms. The van der Waals surface area contributed by atoms with Crippen molar-refractivity contribution in [2.24, 2.45) is 0 Å². The topological polar surface area (TPSA) is 85.9 Å². The first-order valence-corrected chi connectivity index (χ1v) is 6.21. The molecule has 5 nitrogen and oxygen atoms in total. The van der Waals surface area contributed by atoms with Crippen molar-refractivity contribution in [3.63, 3.8) is 0 Å². The molecular weight excluding hydrogens is 254 g/mol. The molecule has 0 bridgehead atoms. The van der Waals surface area contributed by atoms with Crippen molar-refractivity contribution in [3.8, 4) is 12.1 Å². The first-order chi connectivity index (χ1) is 9.69. The lowest BCUT2D eigenvalue weighted by Crippen LogP contribution is -2.05. The molecule has 0 spiro atoms. The van der Waals surface area contributed by atoms with Crippen molar-refractivity contribution in [2.75, 3.05) is 11.9 Å². The molecule has 1 aromatic rings. The Balaban J connectivity index is 2.53. The summed E-state index contributed by atoms with van der Waals surface area (Å²) in [5.41, 5.74) is 1.80. The standard InChI is InChI=1S/C15H15N3O2/c1-2-20-15(19)8-5-12-3-6-14(7-4-12)18-11-13(9-16)10-17/h3-4,6-7,11,18H,2,5,8H2,1H3. The lowest BCUT2D eigenvalue weighted by Gasteiger charge is -2.04. The molecule has 0 unspecified atom stereocenters. The van der Waals surface area contributed by atoms with Gasteiger partial charge in [0.15, 0.2) is 0 Å². The Morgan fingerprint density at radius 3 is 2.50 bits per heavy atom. The predicted molar refractivity (Wildman–Crippen MR) is 74.3 cm³/mol. The number of carbonyl (C=O) groups is 1. The number of hydrogen-bond donors (Lipinski definition) is 1. The van der Waals surface area contributed by atoms with E-state index in [9.17, 15) is 4.79 Å². The van der Waals surface area contributed by atoms with Gasteiger partial charge >= 0.3 is 5.97 Å². The zero-order valence-electron chi connectivity index (χ0n) is 11.2. The summed E-state index contributed by atoms with van der Waals surface area (Å²) >= 11 is 0. The Hall–Kier alpha value is -2.79. The van der Waals surface area contributed by atoms with E-state index >= 15 is 0 Å².